The van der Waals surface area contributed by atoms with Gasteiger partial charge in [-0.15, -0.1) is 10.2 Å². The van der Waals surface area contributed by atoms with Gasteiger partial charge in [0.2, 0.25) is 5.91 Å². The number of benzene rings is 2. The molecule has 0 bridgehead atoms. The normalized spacial score (nSPS) is 11.5. The van der Waals surface area contributed by atoms with E-state index in [9.17, 15) is 9.18 Å². The van der Waals surface area contributed by atoms with Crippen molar-refractivity contribution in [3.05, 3.63) is 66.0 Å². The molecule has 0 spiro atoms. The molecule has 0 fully saturated rings. The predicted molar refractivity (Wildman–Crippen MR) is 114 cm³/mol. The Bertz CT molecular complexity index is 982. The Balaban J connectivity index is 1.73. The topological polar surface area (TPSA) is 51.0 Å². The lowest BCUT2D eigenvalue weighted by Gasteiger charge is -2.36. The first-order valence-electron chi connectivity index (χ1n) is 9.39. The van der Waals surface area contributed by atoms with Crippen molar-refractivity contribution in [2.75, 3.05) is 5.75 Å². The molecule has 152 valence electrons. The van der Waals surface area contributed by atoms with Crippen LogP contribution in [0.3, 0.4) is 0 Å². The van der Waals surface area contributed by atoms with Gasteiger partial charge in [-0.05, 0) is 38.5 Å². The van der Waals surface area contributed by atoms with Crippen LogP contribution in [-0.4, -0.2) is 36.9 Å². The molecule has 5 nitrogen and oxygen atoms in total. The minimum atomic E-state index is -0.350. The van der Waals surface area contributed by atoms with E-state index in [4.69, 9.17) is 0 Å². The summed E-state index contributed by atoms with van der Waals surface area (Å²) >= 11 is 1.31. The number of amides is 1. The maximum atomic E-state index is 14.1. The molecule has 1 heterocycles. The highest BCUT2D eigenvalue weighted by Crippen LogP contribution is 2.26. The largest absolute Gasteiger partial charge is 0.333 e. The van der Waals surface area contributed by atoms with E-state index >= 15 is 0 Å². The minimum Gasteiger partial charge on any atom is -0.333 e. The minimum absolute atomic E-state index is 0.0156. The number of aromatic nitrogens is 3. The average Bonchev–Trinajstić information content (AvgIpc) is 3.05. The van der Waals surface area contributed by atoms with Crippen LogP contribution in [0.5, 0.6) is 0 Å². The molecule has 1 amide bonds. The van der Waals surface area contributed by atoms with Crippen LogP contribution in [0.25, 0.3) is 11.4 Å². The molecule has 0 saturated carbocycles. The van der Waals surface area contributed by atoms with Crippen molar-refractivity contribution in [2.45, 2.75) is 38.0 Å². The molecule has 0 aliphatic heterocycles. The van der Waals surface area contributed by atoms with Gasteiger partial charge in [-0.2, -0.15) is 0 Å². The zero-order chi connectivity index (χ0) is 21.0. The summed E-state index contributed by atoms with van der Waals surface area (Å²) in [5, 5.41) is 8.84. The van der Waals surface area contributed by atoms with Crippen molar-refractivity contribution in [2.24, 2.45) is 7.05 Å². The second kappa shape index (κ2) is 8.78. The van der Waals surface area contributed by atoms with Crippen molar-refractivity contribution in [3.8, 4) is 11.4 Å². The summed E-state index contributed by atoms with van der Waals surface area (Å²) in [7, 11) is 1.78. The smallest absolute Gasteiger partial charge is 0.233 e. The maximum absolute atomic E-state index is 14.1. The summed E-state index contributed by atoms with van der Waals surface area (Å²) < 4.78 is 15.8. The maximum Gasteiger partial charge on any atom is 0.233 e. The monoisotopic (exact) mass is 412 g/mol. The van der Waals surface area contributed by atoms with E-state index in [2.05, 4.69) is 10.2 Å². The number of carbonyl (C=O) groups is 1. The molecule has 0 radical (unpaired) electrons. The summed E-state index contributed by atoms with van der Waals surface area (Å²) in [5.74, 6) is 0.335. The highest BCUT2D eigenvalue weighted by molar-refractivity contribution is 7.99. The third-order valence-electron chi connectivity index (χ3n) is 4.57. The fourth-order valence-electron chi connectivity index (χ4n) is 2.99. The second-order valence-corrected chi connectivity index (χ2v) is 8.71. The molecule has 0 N–H and O–H groups in total. The molecular weight excluding hydrogens is 387 g/mol. The molecule has 3 aromatic rings. The van der Waals surface area contributed by atoms with Crippen molar-refractivity contribution in [3.63, 3.8) is 0 Å². The van der Waals surface area contributed by atoms with Crippen molar-refractivity contribution >= 4 is 17.7 Å². The molecule has 0 aliphatic rings. The number of nitrogens with zero attached hydrogens (tertiary/aromatic N) is 4. The van der Waals surface area contributed by atoms with E-state index in [1.165, 1.54) is 17.8 Å². The zero-order valence-corrected chi connectivity index (χ0v) is 17.9. The molecule has 1 aromatic heterocycles. The van der Waals surface area contributed by atoms with Gasteiger partial charge in [-0.25, -0.2) is 4.39 Å². The summed E-state index contributed by atoms with van der Waals surface area (Å²) in [6.45, 7) is 6.62. The summed E-state index contributed by atoms with van der Waals surface area (Å²) in [6.07, 6.45) is 0. The van der Waals surface area contributed by atoms with E-state index in [1.54, 1.807) is 29.8 Å². The van der Waals surface area contributed by atoms with Gasteiger partial charge < -0.3 is 9.47 Å². The standard InChI is InChI=1S/C22H25FN4OS/c1-22(2,3)27(14-16-10-6-5-7-11-16)19(28)15-29-21-25-24-20(26(21)4)17-12-8-9-13-18(17)23/h5-13H,14-15H2,1-4H3. The molecule has 2 aromatic carbocycles. The first-order valence-corrected chi connectivity index (χ1v) is 10.4. The number of carbonyl (C=O) groups excluding carboxylic acids is 1. The van der Waals surface area contributed by atoms with Crippen LogP contribution in [0, 0.1) is 5.82 Å². The van der Waals surface area contributed by atoms with Gasteiger partial charge in [0.1, 0.15) is 5.82 Å². The Morgan fingerprint density at radius 2 is 1.72 bits per heavy atom. The number of halogens is 1. The Labute approximate surface area is 175 Å². The van der Waals surface area contributed by atoms with E-state index < -0.39 is 0 Å². The van der Waals surface area contributed by atoms with Crippen LogP contribution < -0.4 is 0 Å². The fourth-order valence-corrected chi connectivity index (χ4v) is 3.77. The van der Waals surface area contributed by atoms with Crippen LogP contribution in [0.1, 0.15) is 26.3 Å². The second-order valence-electron chi connectivity index (χ2n) is 7.77. The molecule has 0 atom stereocenters. The van der Waals surface area contributed by atoms with Gasteiger partial charge in [0.05, 0.1) is 11.3 Å². The van der Waals surface area contributed by atoms with Crippen LogP contribution in [0.15, 0.2) is 59.8 Å². The highest BCUT2D eigenvalue weighted by atomic mass is 32.2. The highest BCUT2D eigenvalue weighted by Gasteiger charge is 2.27. The third kappa shape index (κ3) is 5.03. The van der Waals surface area contributed by atoms with E-state index in [1.807, 2.05) is 56.0 Å². The molecule has 0 unspecified atom stereocenters. The van der Waals surface area contributed by atoms with Crippen LogP contribution >= 0.6 is 11.8 Å². The lowest BCUT2D eigenvalue weighted by Crippen LogP contribution is -2.45. The molecule has 29 heavy (non-hydrogen) atoms. The van der Waals surface area contributed by atoms with E-state index in [0.29, 0.717) is 23.1 Å². The van der Waals surface area contributed by atoms with Gasteiger partial charge in [-0.1, -0.05) is 54.2 Å². The SMILES string of the molecule is Cn1c(SCC(=O)N(Cc2ccccc2)C(C)(C)C)nnc1-c1ccccc1F. The average molecular weight is 413 g/mol. The predicted octanol–water partition coefficient (Wildman–Crippen LogP) is 4.54. The molecule has 7 heteroatoms. The first kappa shape index (κ1) is 21.0. The lowest BCUT2D eigenvalue weighted by atomic mass is 10.0. The third-order valence-corrected chi connectivity index (χ3v) is 5.57. The lowest BCUT2D eigenvalue weighted by molar-refractivity contribution is -0.133. The van der Waals surface area contributed by atoms with Crippen LogP contribution in [0.2, 0.25) is 0 Å². The van der Waals surface area contributed by atoms with Gasteiger partial charge >= 0.3 is 0 Å². The molecule has 0 saturated heterocycles. The van der Waals surface area contributed by atoms with E-state index in [0.717, 1.165) is 5.56 Å². The summed E-state index contributed by atoms with van der Waals surface area (Å²) in [5.41, 5.74) is 1.16. The molecular formula is C22H25FN4OS. The van der Waals surface area contributed by atoms with Crippen molar-refractivity contribution in [1.82, 2.24) is 19.7 Å². The van der Waals surface area contributed by atoms with Gasteiger partial charge in [-0.3, -0.25) is 4.79 Å². The van der Waals surface area contributed by atoms with Gasteiger partial charge in [0.25, 0.3) is 0 Å². The van der Waals surface area contributed by atoms with Crippen LogP contribution in [-0.2, 0) is 18.4 Å². The Kier molecular flexibility index (Phi) is 6.37. The van der Waals surface area contributed by atoms with Gasteiger partial charge in [0.15, 0.2) is 11.0 Å². The Morgan fingerprint density at radius 3 is 2.38 bits per heavy atom. The molecule has 3 rings (SSSR count). The quantitative estimate of drug-likeness (QED) is 0.558. The number of hydrogen-bond donors (Lipinski definition) is 0. The van der Waals surface area contributed by atoms with Crippen molar-refractivity contribution < 1.29 is 9.18 Å². The van der Waals surface area contributed by atoms with Crippen LogP contribution in [0.4, 0.5) is 4.39 Å². The Hall–Kier alpha value is -2.67. The first-order chi connectivity index (χ1) is 13.8. The number of rotatable bonds is 6. The van der Waals surface area contributed by atoms with Gasteiger partial charge in [0, 0.05) is 19.1 Å². The summed E-state index contributed by atoms with van der Waals surface area (Å²) in [4.78, 5) is 14.9. The molecule has 0 aliphatic carbocycles. The Morgan fingerprint density at radius 1 is 1.07 bits per heavy atom. The number of hydrogen-bond acceptors (Lipinski definition) is 4. The van der Waals surface area contributed by atoms with E-state index in [-0.39, 0.29) is 23.0 Å². The summed E-state index contributed by atoms with van der Waals surface area (Å²) in [6, 6.07) is 16.4. The number of thioether (sulfide) groups is 1. The zero-order valence-electron chi connectivity index (χ0n) is 17.1. The fraction of sp³-hybridized carbons (Fsp3) is 0.318. The van der Waals surface area contributed by atoms with Crippen molar-refractivity contribution in [1.29, 1.82) is 0 Å².